The minimum absolute atomic E-state index is 0.0567. The zero-order chi connectivity index (χ0) is 18.0. The molecule has 130 valence electrons. The van der Waals surface area contributed by atoms with Gasteiger partial charge in [-0.3, -0.25) is 4.79 Å². The van der Waals surface area contributed by atoms with E-state index in [0.717, 1.165) is 10.9 Å². The molecule has 3 aromatic rings. The van der Waals surface area contributed by atoms with Gasteiger partial charge in [-0.15, -0.1) is 0 Å². The van der Waals surface area contributed by atoms with Gasteiger partial charge in [0, 0.05) is 17.0 Å². The van der Waals surface area contributed by atoms with E-state index in [2.05, 4.69) is 5.32 Å². The molecule has 1 amide bonds. The fraction of sp³-hybridized carbons (Fsp3) is 0.118. The first-order valence-corrected chi connectivity index (χ1v) is 9.34. The van der Waals surface area contributed by atoms with Crippen LogP contribution in [0.3, 0.4) is 0 Å². The van der Waals surface area contributed by atoms with Gasteiger partial charge in [0.05, 0.1) is 4.90 Å². The largest absolute Gasteiger partial charge is 0.451 e. The molecule has 0 aliphatic carbocycles. The van der Waals surface area contributed by atoms with E-state index in [4.69, 9.17) is 21.2 Å². The number of benzene rings is 2. The number of hydrogen-bond acceptors (Lipinski definition) is 4. The number of fused-ring (bicyclic) bond motifs is 1. The third-order valence-corrected chi connectivity index (χ3v) is 4.82. The predicted octanol–water partition coefficient (Wildman–Crippen LogP) is 2.71. The van der Waals surface area contributed by atoms with E-state index in [9.17, 15) is 13.2 Å². The Morgan fingerprint density at radius 1 is 1.12 bits per heavy atom. The van der Waals surface area contributed by atoms with Gasteiger partial charge in [-0.2, -0.15) is 0 Å². The molecule has 25 heavy (non-hydrogen) atoms. The molecule has 1 heterocycles. The van der Waals surface area contributed by atoms with Crippen LogP contribution in [0.15, 0.2) is 57.8 Å². The van der Waals surface area contributed by atoms with Crippen LogP contribution < -0.4 is 10.5 Å². The molecule has 2 aromatic carbocycles. The number of halogens is 1. The summed E-state index contributed by atoms with van der Waals surface area (Å²) < 4.78 is 27.9. The predicted molar refractivity (Wildman–Crippen MR) is 95.1 cm³/mol. The summed E-state index contributed by atoms with van der Waals surface area (Å²) in [5, 5.41) is 9.14. The maximum atomic E-state index is 12.1. The number of primary sulfonamides is 1. The van der Waals surface area contributed by atoms with Crippen molar-refractivity contribution in [2.45, 2.75) is 11.3 Å². The Morgan fingerprint density at radius 3 is 2.52 bits per heavy atom. The Balaban J connectivity index is 1.60. The molecule has 0 fully saturated rings. The zero-order valence-corrected chi connectivity index (χ0v) is 14.6. The first-order valence-electron chi connectivity index (χ1n) is 7.42. The normalized spacial score (nSPS) is 11.6. The lowest BCUT2D eigenvalue weighted by Gasteiger charge is -2.04. The van der Waals surface area contributed by atoms with E-state index >= 15 is 0 Å². The van der Waals surface area contributed by atoms with Gasteiger partial charge in [-0.1, -0.05) is 23.7 Å². The second-order valence-corrected chi connectivity index (χ2v) is 7.49. The van der Waals surface area contributed by atoms with Crippen molar-refractivity contribution in [1.82, 2.24) is 5.32 Å². The van der Waals surface area contributed by atoms with Gasteiger partial charge in [-0.05, 0) is 48.4 Å². The fourth-order valence-electron chi connectivity index (χ4n) is 2.38. The maximum Gasteiger partial charge on any atom is 0.287 e. The summed E-state index contributed by atoms with van der Waals surface area (Å²) in [4.78, 5) is 12.2. The Labute approximate surface area is 149 Å². The van der Waals surface area contributed by atoms with E-state index in [-0.39, 0.29) is 16.6 Å². The van der Waals surface area contributed by atoms with Crippen molar-refractivity contribution in [3.63, 3.8) is 0 Å². The molecule has 3 rings (SSSR count). The van der Waals surface area contributed by atoms with Crippen LogP contribution in [0.1, 0.15) is 16.1 Å². The van der Waals surface area contributed by atoms with Crippen LogP contribution in [-0.4, -0.2) is 20.9 Å². The van der Waals surface area contributed by atoms with Gasteiger partial charge in [-0.25, -0.2) is 13.6 Å². The molecule has 0 saturated carbocycles. The van der Waals surface area contributed by atoms with Crippen molar-refractivity contribution in [3.8, 4) is 0 Å². The van der Waals surface area contributed by atoms with Crippen LogP contribution in [0.4, 0.5) is 0 Å². The lowest BCUT2D eigenvalue weighted by atomic mass is 10.1. The summed E-state index contributed by atoms with van der Waals surface area (Å²) in [5.41, 5.74) is 1.47. The first-order chi connectivity index (χ1) is 11.8. The second-order valence-electron chi connectivity index (χ2n) is 5.49. The monoisotopic (exact) mass is 378 g/mol. The molecule has 8 heteroatoms. The average Bonchev–Trinajstić information content (AvgIpc) is 2.97. The third-order valence-electron chi connectivity index (χ3n) is 3.65. The molecule has 6 nitrogen and oxygen atoms in total. The maximum absolute atomic E-state index is 12.1. The number of nitrogens with two attached hydrogens (primary N) is 1. The van der Waals surface area contributed by atoms with Crippen molar-refractivity contribution in [1.29, 1.82) is 0 Å². The number of hydrogen-bond donors (Lipinski definition) is 2. The molecule has 0 aliphatic heterocycles. The smallest absolute Gasteiger partial charge is 0.287 e. The van der Waals surface area contributed by atoms with Crippen molar-refractivity contribution < 1.29 is 17.6 Å². The minimum atomic E-state index is -3.70. The van der Waals surface area contributed by atoms with Crippen molar-refractivity contribution >= 4 is 38.5 Å². The number of furan rings is 1. The minimum Gasteiger partial charge on any atom is -0.451 e. The van der Waals surface area contributed by atoms with Crippen LogP contribution in [0, 0.1) is 0 Å². The summed E-state index contributed by atoms with van der Waals surface area (Å²) in [6.07, 6.45) is 0.544. The Hall–Kier alpha value is -2.35. The SMILES string of the molecule is NS(=O)(=O)c1ccc(CCNC(=O)c2cc3cc(Cl)ccc3o2)cc1. The number of amides is 1. The van der Waals surface area contributed by atoms with Crippen LogP contribution in [0.2, 0.25) is 5.02 Å². The van der Waals surface area contributed by atoms with E-state index in [1.54, 1.807) is 36.4 Å². The third kappa shape index (κ3) is 4.19. The van der Waals surface area contributed by atoms with Gasteiger partial charge in [0.15, 0.2) is 5.76 Å². The second kappa shape index (κ2) is 6.87. The zero-order valence-electron chi connectivity index (χ0n) is 13.0. The lowest BCUT2D eigenvalue weighted by molar-refractivity contribution is 0.0928. The van der Waals surface area contributed by atoms with E-state index in [1.165, 1.54) is 12.1 Å². The lowest BCUT2D eigenvalue weighted by Crippen LogP contribution is -2.25. The molecule has 0 spiro atoms. The Morgan fingerprint density at radius 2 is 1.84 bits per heavy atom. The summed E-state index contributed by atoms with van der Waals surface area (Å²) in [5.74, 6) is -0.115. The number of carbonyl (C=O) groups is 1. The number of nitrogens with one attached hydrogen (secondary N) is 1. The van der Waals surface area contributed by atoms with Gasteiger partial charge in [0.2, 0.25) is 10.0 Å². The number of carbonyl (C=O) groups excluding carboxylic acids is 1. The van der Waals surface area contributed by atoms with Crippen LogP contribution in [-0.2, 0) is 16.4 Å². The number of rotatable bonds is 5. The van der Waals surface area contributed by atoms with Crippen molar-refractivity contribution in [2.75, 3.05) is 6.54 Å². The molecule has 0 atom stereocenters. The van der Waals surface area contributed by atoms with E-state index in [1.807, 2.05) is 0 Å². The number of sulfonamides is 1. The van der Waals surface area contributed by atoms with Gasteiger partial charge >= 0.3 is 0 Å². The Kier molecular flexibility index (Phi) is 4.80. The van der Waals surface area contributed by atoms with Crippen molar-refractivity contribution in [3.05, 3.63) is 64.9 Å². The summed E-state index contributed by atoms with van der Waals surface area (Å²) in [7, 11) is -3.70. The summed E-state index contributed by atoms with van der Waals surface area (Å²) >= 11 is 5.91. The summed E-state index contributed by atoms with van der Waals surface area (Å²) in [6.45, 7) is 0.380. The van der Waals surface area contributed by atoms with Crippen LogP contribution in [0.25, 0.3) is 11.0 Å². The van der Waals surface area contributed by atoms with Crippen molar-refractivity contribution in [2.24, 2.45) is 5.14 Å². The fourth-order valence-corrected chi connectivity index (χ4v) is 3.08. The summed E-state index contributed by atoms with van der Waals surface area (Å²) in [6, 6.07) is 13.0. The average molecular weight is 379 g/mol. The molecule has 0 aliphatic rings. The topological polar surface area (TPSA) is 102 Å². The highest BCUT2D eigenvalue weighted by Crippen LogP contribution is 2.23. The van der Waals surface area contributed by atoms with Gasteiger partial charge in [0.1, 0.15) is 5.58 Å². The molecule has 1 aromatic heterocycles. The standard InChI is InChI=1S/C17H15ClN2O4S/c18-13-3-6-15-12(9-13)10-16(24-15)17(21)20-8-7-11-1-4-14(5-2-11)25(19,22)23/h1-6,9-10H,7-8H2,(H,20,21)(H2,19,22,23). The van der Waals surface area contributed by atoms with E-state index in [0.29, 0.717) is 23.6 Å². The molecular formula is C17H15ClN2O4S. The Bertz CT molecular complexity index is 1030. The van der Waals surface area contributed by atoms with Gasteiger partial charge in [0.25, 0.3) is 5.91 Å². The molecule has 3 N–H and O–H groups in total. The van der Waals surface area contributed by atoms with E-state index < -0.39 is 10.0 Å². The molecule has 0 saturated heterocycles. The highest BCUT2D eigenvalue weighted by molar-refractivity contribution is 7.89. The van der Waals surface area contributed by atoms with Gasteiger partial charge < -0.3 is 9.73 Å². The molecule has 0 bridgehead atoms. The highest BCUT2D eigenvalue weighted by atomic mass is 35.5. The molecular weight excluding hydrogens is 364 g/mol. The first kappa shape index (κ1) is 17.5. The van der Waals surface area contributed by atoms with Crippen LogP contribution in [0.5, 0.6) is 0 Å². The molecule has 0 radical (unpaired) electrons. The quantitative estimate of drug-likeness (QED) is 0.712. The van der Waals surface area contributed by atoms with Crippen LogP contribution >= 0.6 is 11.6 Å². The highest BCUT2D eigenvalue weighted by Gasteiger charge is 2.12. The molecule has 0 unspecified atom stereocenters.